The molecule has 0 atom stereocenters. The van der Waals surface area contributed by atoms with Crippen molar-refractivity contribution in [3.05, 3.63) is 14.4 Å². The molecule has 0 unspecified atom stereocenters. The van der Waals surface area contributed by atoms with Crippen LogP contribution in [0.15, 0.2) is 0 Å². The summed E-state index contributed by atoms with van der Waals surface area (Å²) in [7, 11) is 0. The molecule has 0 aromatic carbocycles. The Morgan fingerprint density at radius 1 is 1.31 bits per heavy atom. The van der Waals surface area contributed by atoms with Crippen LogP contribution in [0.1, 0.15) is 41.0 Å². The summed E-state index contributed by atoms with van der Waals surface area (Å²) in [5, 5.41) is 0. The third-order valence-corrected chi connectivity index (χ3v) is 0. The Labute approximate surface area is 123 Å². The fourth-order valence-electron chi connectivity index (χ4n) is 0. The zero-order valence-electron chi connectivity index (χ0n) is 9.81. The third kappa shape index (κ3) is 878. The van der Waals surface area contributed by atoms with E-state index in [0.717, 1.165) is 0 Å². The summed E-state index contributed by atoms with van der Waals surface area (Å²) in [6.07, 6.45) is 2.75. The summed E-state index contributed by atoms with van der Waals surface area (Å²) in [5.41, 5.74) is 0. The molecule has 13 heavy (non-hydrogen) atoms. The first kappa shape index (κ1) is 36.6. The van der Waals surface area contributed by atoms with Crippen molar-refractivity contribution in [1.82, 2.24) is 0 Å². The summed E-state index contributed by atoms with van der Waals surface area (Å²) >= 11 is 0. The summed E-state index contributed by atoms with van der Waals surface area (Å²) in [5.74, 6) is 0.583. The van der Waals surface area contributed by atoms with E-state index in [9.17, 15) is 0 Å². The van der Waals surface area contributed by atoms with Gasteiger partial charge in [-0.1, -0.05) is 34.1 Å². The van der Waals surface area contributed by atoms with Gasteiger partial charge in [0.25, 0.3) is 0 Å². The predicted octanol–water partition coefficient (Wildman–Crippen LogP) is 3.46. The first-order valence-corrected chi connectivity index (χ1v) is 3.68. The number of rotatable bonds is 0. The van der Waals surface area contributed by atoms with Gasteiger partial charge in [-0.05, 0) is 0 Å². The van der Waals surface area contributed by atoms with Crippen LogP contribution in [0.4, 0.5) is 0 Å². The molecule has 0 saturated heterocycles. The molecule has 80 valence electrons. The first-order chi connectivity index (χ1) is 4.56. The van der Waals surface area contributed by atoms with Gasteiger partial charge in [0.1, 0.15) is 0 Å². The maximum atomic E-state index is 8.68. The van der Waals surface area contributed by atoms with Crippen molar-refractivity contribution < 1.29 is 57.0 Å². The Hall–Kier alpha value is 1.41. The monoisotopic (exact) mass is 581 g/mol. The van der Waals surface area contributed by atoms with Crippen LogP contribution in [0, 0.1) is 51.4 Å². The molecule has 0 rings (SSSR count). The molecule has 0 radical (unpaired) electrons. The maximum Gasteiger partial charge on any atom is 2.00 e. The van der Waals surface area contributed by atoms with E-state index in [-0.39, 0.29) is 59.6 Å². The molecule has 0 aromatic rings. The van der Waals surface area contributed by atoms with Crippen molar-refractivity contribution in [1.29, 1.82) is 0 Å². The SMILES string of the molecule is CCC.C[C-]=O.[CH2-]C(C)C.[CH3-].[U].[W+2]. The van der Waals surface area contributed by atoms with Gasteiger partial charge in [0.15, 0.2) is 0 Å². The van der Waals surface area contributed by atoms with E-state index in [4.69, 9.17) is 4.79 Å². The molecule has 0 fully saturated rings. The molecule has 0 heterocycles. The van der Waals surface area contributed by atoms with Gasteiger partial charge in [0.2, 0.25) is 0 Å². The van der Waals surface area contributed by atoms with Crippen LogP contribution in [-0.2, 0) is 25.9 Å². The van der Waals surface area contributed by atoms with Crippen LogP contribution < -0.4 is 0 Å². The van der Waals surface area contributed by atoms with Crippen molar-refractivity contribution in [3.8, 4) is 0 Å². The summed E-state index contributed by atoms with van der Waals surface area (Å²) in [6.45, 7) is 13.3. The van der Waals surface area contributed by atoms with Crippen LogP contribution >= 0.6 is 0 Å². The topological polar surface area (TPSA) is 17.1 Å². The fraction of sp³-hybridized carbons (Fsp3) is 0.700. The minimum absolute atomic E-state index is 0. The molecule has 1 nitrogen and oxygen atoms in total. The second kappa shape index (κ2) is 50.3. The smallest absolute Gasteiger partial charge is 0.542 e. The van der Waals surface area contributed by atoms with Crippen molar-refractivity contribution in [2.45, 2.75) is 41.0 Å². The van der Waals surface area contributed by atoms with Crippen LogP contribution in [0.2, 0.25) is 0 Å². The number of hydrogen-bond donors (Lipinski definition) is 0. The van der Waals surface area contributed by atoms with Crippen LogP contribution in [-0.4, -0.2) is 6.29 Å². The molecular weight excluding hydrogens is 558 g/mol. The standard InChI is InChI=1S/C4H9.C3H8.C2H3O.CH3.U.W/c1-4(2)3;1-3-2;1-2-3;;;/h4H,1H2,2-3H3;3H2,1-2H3;1H3;1H3;;/q-1;;2*-1;;+2. The van der Waals surface area contributed by atoms with Gasteiger partial charge in [0, 0.05) is 31.1 Å². The Morgan fingerprint density at radius 2 is 1.31 bits per heavy atom. The van der Waals surface area contributed by atoms with E-state index >= 15 is 0 Å². The van der Waals surface area contributed by atoms with Gasteiger partial charge in [-0.15, -0.1) is 0 Å². The molecule has 0 bridgehead atoms. The van der Waals surface area contributed by atoms with E-state index in [1.807, 2.05) is 0 Å². The molecule has 0 N–H and O–H groups in total. The molecule has 0 aliphatic carbocycles. The third-order valence-electron chi connectivity index (χ3n) is 0. The first-order valence-electron chi connectivity index (χ1n) is 3.68. The second-order valence-electron chi connectivity index (χ2n) is 2.31. The maximum absolute atomic E-state index is 8.68. The largest absolute Gasteiger partial charge is 2.00 e. The summed E-state index contributed by atoms with van der Waals surface area (Å²) < 4.78 is 0. The van der Waals surface area contributed by atoms with E-state index in [0.29, 0.717) is 5.92 Å². The van der Waals surface area contributed by atoms with Crippen molar-refractivity contribution in [2.75, 3.05) is 0 Å². The van der Waals surface area contributed by atoms with Gasteiger partial charge in [-0.2, -0.15) is 12.8 Å². The average molecular weight is 581 g/mol. The molecule has 0 spiro atoms. The molecular formula is C10H23OUW-. The van der Waals surface area contributed by atoms with Crippen LogP contribution in [0.25, 0.3) is 0 Å². The summed E-state index contributed by atoms with van der Waals surface area (Å²) in [4.78, 5) is 8.68. The second-order valence-corrected chi connectivity index (χ2v) is 2.31. The van der Waals surface area contributed by atoms with E-state index < -0.39 is 0 Å². The number of hydrogen-bond acceptors (Lipinski definition) is 1. The Bertz CT molecular complexity index is 47.4. The molecule has 0 amide bonds. The molecule has 0 aromatic heterocycles. The Kier molecular flexibility index (Phi) is 142. The number of carbonyl (C=O) groups excluding carboxylic acids is 1. The van der Waals surface area contributed by atoms with E-state index in [1.165, 1.54) is 19.6 Å². The average Bonchev–Trinajstić information content (AvgIpc) is 1.65. The molecule has 0 aliphatic heterocycles. The molecule has 0 saturated carbocycles. The van der Waals surface area contributed by atoms with Crippen molar-refractivity contribution in [3.63, 3.8) is 0 Å². The van der Waals surface area contributed by atoms with E-state index in [1.54, 1.807) is 0 Å². The fourth-order valence-corrected chi connectivity index (χ4v) is 0. The van der Waals surface area contributed by atoms with Gasteiger partial charge in [0.05, 0.1) is 0 Å². The Balaban J connectivity index is -0.0000000128. The van der Waals surface area contributed by atoms with Crippen molar-refractivity contribution >= 4 is 6.29 Å². The predicted molar refractivity (Wildman–Crippen MR) is 53.9 cm³/mol. The Morgan fingerprint density at radius 3 is 1.31 bits per heavy atom. The zero-order chi connectivity index (χ0) is 8.99. The minimum atomic E-state index is 0. The van der Waals surface area contributed by atoms with Gasteiger partial charge in [-0.25, -0.2) is 0 Å². The minimum Gasteiger partial charge on any atom is -0.542 e. The quantitative estimate of drug-likeness (QED) is 0.401. The van der Waals surface area contributed by atoms with Gasteiger partial charge < -0.3 is 19.1 Å². The molecule has 3 heteroatoms. The van der Waals surface area contributed by atoms with E-state index in [2.05, 4.69) is 34.6 Å². The van der Waals surface area contributed by atoms with Crippen LogP contribution in [0.5, 0.6) is 0 Å². The summed E-state index contributed by atoms with van der Waals surface area (Å²) in [6, 6.07) is 0. The molecule has 0 aliphatic rings. The zero-order valence-corrected chi connectivity index (χ0v) is 16.9. The van der Waals surface area contributed by atoms with Crippen molar-refractivity contribution in [2.24, 2.45) is 5.92 Å². The van der Waals surface area contributed by atoms with Crippen LogP contribution in [0.3, 0.4) is 0 Å². The van der Waals surface area contributed by atoms with Gasteiger partial charge >= 0.3 is 21.1 Å². The normalized spacial score (nSPS) is 5.15. The van der Waals surface area contributed by atoms with Gasteiger partial charge in [-0.3, -0.25) is 6.29 Å².